The zero-order valence-electron chi connectivity index (χ0n) is 14.5. The molecule has 1 aromatic heterocycles. The van der Waals surface area contributed by atoms with Crippen molar-refractivity contribution in [2.45, 2.75) is 13.8 Å². The fourth-order valence-corrected chi connectivity index (χ4v) is 2.69. The second-order valence-corrected chi connectivity index (χ2v) is 5.77. The minimum atomic E-state index is -1.10. The summed E-state index contributed by atoms with van der Waals surface area (Å²) in [6.07, 6.45) is 1.76. The summed E-state index contributed by atoms with van der Waals surface area (Å²) in [5, 5.41) is 9.32. The highest BCUT2D eigenvalue weighted by Crippen LogP contribution is 2.26. The van der Waals surface area contributed by atoms with Crippen molar-refractivity contribution < 1.29 is 19.1 Å². The summed E-state index contributed by atoms with van der Waals surface area (Å²) in [6.45, 7) is 3.98. The van der Waals surface area contributed by atoms with E-state index in [1.807, 2.05) is 37.3 Å². The normalized spacial score (nSPS) is 11.5. The van der Waals surface area contributed by atoms with Gasteiger partial charge in [-0.05, 0) is 49.3 Å². The van der Waals surface area contributed by atoms with Gasteiger partial charge in [0.05, 0.1) is 17.6 Å². The lowest BCUT2D eigenvalue weighted by Gasteiger charge is -2.09. The highest BCUT2D eigenvalue weighted by molar-refractivity contribution is 5.93. The van der Waals surface area contributed by atoms with E-state index in [1.165, 1.54) is 18.2 Å². The highest BCUT2D eigenvalue weighted by Gasteiger charge is 2.16. The van der Waals surface area contributed by atoms with Gasteiger partial charge in [-0.2, -0.15) is 0 Å². The van der Waals surface area contributed by atoms with Crippen molar-refractivity contribution in [2.24, 2.45) is 0 Å². The van der Waals surface area contributed by atoms with Gasteiger partial charge in [0.25, 0.3) is 0 Å². The second kappa shape index (κ2) is 7.27. The van der Waals surface area contributed by atoms with E-state index in [4.69, 9.17) is 14.3 Å². The van der Waals surface area contributed by atoms with Crippen LogP contribution in [0, 0.1) is 0 Å². The van der Waals surface area contributed by atoms with E-state index in [0.29, 0.717) is 18.0 Å². The SMILES string of the molecule is CCOc1c(C=C(C)c2ccccc2)oc2ccc(C(=O)O)cc2c1=O. The van der Waals surface area contributed by atoms with Crippen LogP contribution >= 0.6 is 0 Å². The topological polar surface area (TPSA) is 76.7 Å². The zero-order chi connectivity index (χ0) is 18.7. The number of carboxylic acid groups (broad SMARTS) is 1. The fourth-order valence-electron chi connectivity index (χ4n) is 2.69. The molecule has 0 aliphatic carbocycles. The Labute approximate surface area is 150 Å². The smallest absolute Gasteiger partial charge is 0.335 e. The molecule has 0 saturated carbocycles. The van der Waals surface area contributed by atoms with Crippen LogP contribution < -0.4 is 10.2 Å². The Kier molecular flexibility index (Phi) is 4.89. The number of hydrogen-bond donors (Lipinski definition) is 1. The lowest BCUT2D eigenvalue weighted by atomic mass is 10.1. The zero-order valence-corrected chi connectivity index (χ0v) is 14.5. The molecule has 1 heterocycles. The summed E-state index contributed by atoms with van der Waals surface area (Å²) in [7, 11) is 0. The molecule has 0 unspecified atom stereocenters. The number of carboxylic acids is 1. The Morgan fingerprint density at radius 3 is 2.54 bits per heavy atom. The minimum Gasteiger partial charge on any atom is -0.487 e. The maximum absolute atomic E-state index is 12.8. The molecule has 26 heavy (non-hydrogen) atoms. The van der Waals surface area contributed by atoms with Crippen LogP contribution in [0.1, 0.15) is 35.5 Å². The number of allylic oxidation sites excluding steroid dienone is 1. The van der Waals surface area contributed by atoms with E-state index in [2.05, 4.69) is 0 Å². The Bertz CT molecular complexity index is 1050. The van der Waals surface area contributed by atoms with Crippen LogP contribution in [-0.4, -0.2) is 17.7 Å². The lowest BCUT2D eigenvalue weighted by molar-refractivity contribution is 0.0697. The number of carbonyl (C=O) groups is 1. The molecule has 0 fully saturated rings. The van der Waals surface area contributed by atoms with Gasteiger partial charge in [-0.15, -0.1) is 0 Å². The largest absolute Gasteiger partial charge is 0.487 e. The van der Waals surface area contributed by atoms with Gasteiger partial charge >= 0.3 is 5.97 Å². The second-order valence-electron chi connectivity index (χ2n) is 5.77. The quantitative estimate of drug-likeness (QED) is 0.735. The Hall–Kier alpha value is -3.34. The van der Waals surface area contributed by atoms with Gasteiger partial charge in [0, 0.05) is 0 Å². The van der Waals surface area contributed by atoms with Crippen LogP contribution in [0.5, 0.6) is 5.75 Å². The molecule has 0 aliphatic heterocycles. The molecule has 3 aromatic rings. The van der Waals surface area contributed by atoms with Crippen LogP contribution in [0.15, 0.2) is 57.7 Å². The van der Waals surface area contributed by atoms with Crippen LogP contribution in [0.4, 0.5) is 0 Å². The van der Waals surface area contributed by atoms with Crippen molar-refractivity contribution in [3.05, 3.63) is 75.6 Å². The van der Waals surface area contributed by atoms with Gasteiger partial charge in [0.2, 0.25) is 11.2 Å². The maximum Gasteiger partial charge on any atom is 0.335 e. The summed E-state index contributed by atoms with van der Waals surface area (Å²) in [5.74, 6) is -0.709. The number of fused-ring (bicyclic) bond motifs is 1. The first-order chi connectivity index (χ1) is 12.5. The molecule has 132 valence electrons. The third kappa shape index (κ3) is 3.37. The molecule has 0 atom stereocenters. The van der Waals surface area contributed by atoms with Gasteiger partial charge < -0.3 is 14.3 Å². The number of hydrogen-bond acceptors (Lipinski definition) is 4. The Morgan fingerprint density at radius 2 is 1.88 bits per heavy atom. The van der Waals surface area contributed by atoms with Crippen molar-refractivity contribution >= 4 is 28.6 Å². The van der Waals surface area contributed by atoms with E-state index in [9.17, 15) is 9.59 Å². The van der Waals surface area contributed by atoms with Crippen molar-refractivity contribution in [3.63, 3.8) is 0 Å². The van der Waals surface area contributed by atoms with E-state index >= 15 is 0 Å². The molecule has 2 aromatic carbocycles. The highest BCUT2D eigenvalue weighted by atomic mass is 16.5. The van der Waals surface area contributed by atoms with E-state index < -0.39 is 5.97 Å². The molecule has 0 spiro atoms. The Morgan fingerprint density at radius 1 is 1.15 bits per heavy atom. The van der Waals surface area contributed by atoms with Gasteiger partial charge in [-0.1, -0.05) is 30.3 Å². The van der Waals surface area contributed by atoms with Crippen LogP contribution in [0.25, 0.3) is 22.6 Å². The maximum atomic E-state index is 12.8. The average molecular weight is 350 g/mol. The molecular weight excluding hydrogens is 332 g/mol. The predicted molar refractivity (Wildman–Crippen MR) is 101 cm³/mol. The fraction of sp³-hybridized carbons (Fsp3) is 0.143. The van der Waals surface area contributed by atoms with E-state index in [1.54, 1.807) is 13.0 Å². The molecule has 3 rings (SSSR count). The number of aromatic carboxylic acids is 1. The molecule has 0 radical (unpaired) electrons. The molecular formula is C21H18O5. The standard InChI is InChI=1S/C21H18O5/c1-3-25-20-18(11-13(2)14-7-5-4-6-8-14)26-17-10-9-15(21(23)24)12-16(17)19(20)22/h4-12H,3H2,1-2H3,(H,23,24). The summed E-state index contributed by atoms with van der Waals surface area (Å²) in [4.78, 5) is 24.0. The van der Waals surface area contributed by atoms with Crippen LogP contribution in [-0.2, 0) is 0 Å². The van der Waals surface area contributed by atoms with E-state index in [0.717, 1.165) is 11.1 Å². The third-order valence-corrected chi connectivity index (χ3v) is 3.99. The Balaban J connectivity index is 2.21. The van der Waals surface area contributed by atoms with Crippen LogP contribution in [0.2, 0.25) is 0 Å². The van der Waals surface area contributed by atoms with Crippen LogP contribution in [0.3, 0.4) is 0 Å². The summed E-state index contributed by atoms with van der Waals surface area (Å²) >= 11 is 0. The van der Waals surface area contributed by atoms with Crippen molar-refractivity contribution in [2.75, 3.05) is 6.61 Å². The molecule has 0 aliphatic rings. The van der Waals surface area contributed by atoms with Gasteiger partial charge in [-0.25, -0.2) is 4.79 Å². The lowest BCUT2D eigenvalue weighted by Crippen LogP contribution is -2.11. The average Bonchev–Trinajstić information content (AvgIpc) is 2.65. The molecule has 0 bridgehead atoms. The number of benzene rings is 2. The molecule has 0 saturated heterocycles. The predicted octanol–water partition coefficient (Wildman–Crippen LogP) is 4.45. The monoisotopic (exact) mass is 350 g/mol. The molecule has 1 N–H and O–H groups in total. The first-order valence-corrected chi connectivity index (χ1v) is 8.22. The molecule has 5 heteroatoms. The summed E-state index contributed by atoms with van der Waals surface area (Å²) in [5.41, 5.74) is 1.87. The first-order valence-electron chi connectivity index (χ1n) is 8.22. The molecule has 0 amide bonds. The summed E-state index contributed by atoms with van der Waals surface area (Å²) < 4.78 is 11.4. The van der Waals surface area contributed by atoms with Crippen molar-refractivity contribution in [1.29, 1.82) is 0 Å². The number of ether oxygens (including phenoxy) is 1. The van der Waals surface area contributed by atoms with Gasteiger partial charge in [0.15, 0.2) is 5.76 Å². The van der Waals surface area contributed by atoms with Gasteiger partial charge in [0.1, 0.15) is 5.58 Å². The van der Waals surface area contributed by atoms with Crippen molar-refractivity contribution in [3.8, 4) is 5.75 Å². The minimum absolute atomic E-state index is 0.0241. The molecule has 5 nitrogen and oxygen atoms in total. The van der Waals surface area contributed by atoms with E-state index in [-0.39, 0.29) is 22.1 Å². The third-order valence-electron chi connectivity index (χ3n) is 3.99. The number of rotatable bonds is 5. The summed E-state index contributed by atoms with van der Waals surface area (Å²) in [6, 6.07) is 13.9. The first kappa shape index (κ1) is 17.5. The van der Waals surface area contributed by atoms with Gasteiger partial charge in [-0.3, -0.25) is 4.79 Å². The van der Waals surface area contributed by atoms with Crippen molar-refractivity contribution in [1.82, 2.24) is 0 Å².